The fourth-order valence-corrected chi connectivity index (χ4v) is 4.53. The van der Waals surface area contributed by atoms with Crippen LogP contribution in [-0.2, 0) is 4.79 Å². The molecule has 4 rings (SSSR count). The molecule has 0 radical (unpaired) electrons. The Balaban J connectivity index is 1.38. The van der Waals surface area contributed by atoms with Crippen LogP contribution in [0.2, 0.25) is 0 Å². The van der Waals surface area contributed by atoms with E-state index in [4.69, 9.17) is 0 Å². The third-order valence-corrected chi connectivity index (χ3v) is 6.08. The summed E-state index contributed by atoms with van der Waals surface area (Å²) in [5, 5.41) is 3.09. The Labute approximate surface area is 157 Å². The molecule has 1 aliphatic heterocycles. The SMILES string of the molecule is O=C(NCC(=O)N1CC[C@@H]2CCCC[C@H]2C1)c1c[nH]c2ccccc2c1=O. The fourth-order valence-electron chi connectivity index (χ4n) is 4.53. The van der Waals surface area contributed by atoms with Crippen LogP contribution in [0, 0.1) is 11.8 Å². The van der Waals surface area contributed by atoms with Crippen molar-refractivity contribution < 1.29 is 9.59 Å². The second-order valence-corrected chi connectivity index (χ2v) is 7.69. The van der Waals surface area contributed by atoms with E-state index in [2.05, 4.69) is 10.3 Å². The summed E-state index contributed by atoms with van der Waals surface area (Å²) in [6, 6.07) is 7.06. The molecule has 1 aliphatic carbocycles. The van der Waals surface area contributed by atoms with Crippen LogP contribution in [0.1, 0.15) is 42.5 Å². The Morgan fingerprint density at radius 3 is 2.74 bits per heavy atom. The van der Waals surface area contributed by atoms with Crippen molar-refractivity contribution in [1.82, 2.24) is 15.2 Å². The molecule has 0 bridgehead atoms. The molecule has 142 valence electrons. The zero-order valence-electron chi connectivity index (χ0n) is 15.4. The molecule has 6 nitrogen and oxygen atoms in total. The Kier molecular flexibility index (Phi) is 4.97. The monoisotopic (exact) mass is 367 g/mol. The number of pyridine rings is 1. The fraction of sp³-hybridized carbons (Fsp3) is 0.476. The average molecular weight is 367 g/mol. The number of carbonyl (C=O) groups excluding carboxylic acids is 2. The molecule has 2 N–H and O–H groups in total. The molecule has 2 amide bonds. The van der Waals surface area contributed by atoms with E-state index in [0.717, 1.165) is 25.4 Å². The predicted molar refractivity (Wildman–Crippen MR) is 104 cm³/mol. The van der Waals surface area contributed by atoms with Gasteiger partial charge in [-0.25, -0.2) is 0 Å². The lowest BCUT2D eigenvalue weighted by Crippen LogP contribution is -2.48. The van der Waals surface area contributed by atoms with Gasteiger partial charge in [-0.1, -0.05) is 31.4 Å². The minimum atomic E-state index is -0.511. The minimum Gasteiger partial charge on any atom is -0.360 e. The number of hydrogen-bond donors (Lipinski definition) is 2. The third-order valence-electron chi connectivity index (χ3n) is 6.08. The highest BCUT2D eigenvalue weighted by Crippen LogP contribution is 2.35. The first-order valence-corrected chi connectivity index (χ1v) is 9.80. The van der Waals surface area contributed by atoms with Gasteiger partial charge in [0.25, 0.3) is 5.91 Å². The maximum atomic E-state index is 12.5. The third kappa shape index (κ3) is 3.61. The summed E-state index contributed by atoms with van der Waals surface area (Å²) in [7, 11) is 0. The molecule has 1 saturated carbocycles. The van der Waals surface area contributed by atoms with Crippen LogP contribution < -0.4 is 10.7 Å². The summed E-state index contributed by atoms with van der Waals surface area (Å²) in [6.45, 7) is 1.50. The Hall–Kier alpha value is -2.63. The van der Waals surface area contributed by atoms with Crippen LogP contribution in [0.3, 0.4) is 0 Å². The van der Waals surface area contributed by atoms with Gasteiger partial charge < -0.3 is 15.2 Å². The lowest BCUT2D eigenvalue weighted by atomic mass is 9.75. The van der Waals surface area contributed by atoms with Crippen molar-refractivity contribution in [3.05, 3.63) is 46.2 Å². The number of nitrogens with one attached hydrogen (secondary N) is 2. The van der Waals surface area contributed by atoms with E-state index in [1.807, 2.05) is 11.0 Å². The molecular formula is C21H25N3O3. The van der Waals surface area contributed by atoms with Gasteiger partial charge in [-0.15, -0.1) is 0 Å². The van der Waals surface area contributed by atoms with Crippen molar-refractivity contribution in [3.8, 4) is 0 Å². The maximum Gasteiger partial charge on any atom is 0.257 e. The Bertz CT molecular complexity index is 920. The van der Waals surface area contributed by atoms with Crippen molar-refractivity contribution in [2.45, 2.75) is 32.1 Å². The van der Waals surface area contributed by atoms with Crippen LogP contribution in [0.5, 0.6) is 0 Å². The van der Waals surface area contributed by atoms with Crippen molar-refractivity contribution in [1.29, 1.82) is 0 Å². The number of aromatic nitrogens is 1. The van der Waals surface area contributed by atoms with Crippen LogP contribution in [0.4, 0.5) is 0 Å². The number of aromatic amines is 1. The van der Waals surface area contributed by atoms with Crippen LogP contribution in [0.25, 0.3) is 10.9 Å². The van der Waals surface area contributed by atoms with E-state index in [1.54, 1.807) is 18.2 Å². The lowest BCUT2D eigenvalue weighted by molar-refractivity contribution is -0.133. The predicted octanol–water partition coefficient (Wildman–Crippen LogP) is 2.30. The summed E-state index contributed by atoms with van der Waals surface area (Å²) < 4.78 is 0. The highest BCUT2D eigenvalue weighted by atomic mass is 16.2. The van der Waals surface area contributed by atoms with E-state index < -0.39 is 5.91 Å². The van der Waals surface area contributed by atoms with Gasteiger partial charge >= 0.3 is 0 Å². The smallest absolute Gasteiger partial charge is 0.257 e. The van der Waals surface area contributed by atoms with E-state index in [1.165, 1.54) is 31.9 Å². The number of fused-ring (bicyclic) bond motifs is 2. The first-order chi connectivity index (χ1) is 13.1. The maximum absolute atomic E-state index is 12.5. The van der Waals surface area contributed by atoms with Gasteiger partial charge in [0.15, 0.2) is 0 Å². The summed E-state index contributed by atoms with van der Waals surface area (Å²) in [5.74, 6) is 0.788. The molecule has 1 aromatic carbocycles. The van der Waals surface area contributed by atoms with Crippen molar-refractivity contribution >= 4 is 22.7 Å². The number of carbonyl (C=O) groups is 2. The van der Waals surface area contributed by atoms with Crippen LogP contribution in [0.15, 0.2) is 35.3 Å². The highest BCUT2D eigenvalue weighted by Gasteiger charge is 2.32. The molecule has 2 fully saturated rings. The molecule has 0 unspecified atom stereocenters. The summed E-state index contributed by atoms with van der Waals surface area (Å²) in [6.07, 6.45) is 7.53. The standard InChI is InChI=1S/C21H25N3O3/c25-19(24-10-9-14-5-1-2-6-15(14)13-24)12-23-21(27)17-11-22-18-8-4-3-7-16(18)20(17)26/h3-4,7-8,11,14-15H,1-2,5-6,9-10,12-13H2,(H,22,26)(H,23,27)/t14-,15-/m0/s1. The lowest BCUT2D eigenvalue weighted by Gasteiger charge is -2.41. The zero-order chi connectivity index (χ0) is 18.8. The second kappa shape index (κ2) is 7.55. The van der Waals surface area contributed by atoms with Gasteiger partial charge in [-0.2, -0.15) is 0 Å². The van der Waals surface area contributed by atoms with Gasteiger partial charge in [0.05, 0.1) is 6.54 Å². The normalized spacial score (nSPS) is 22.3. The quantitative estimate of drug-likeness (QED) is 0.873. The molecular weight excluding hydrogens is 342 g/mol. The molecule has 2 aliphatic rings. The molecule has 6 heteroatoms. The zero-order valence-corrected chi connectivity index (χ0v) is 15.4. The van der Waals surface area contributed by atoms with Gasteiger partial charge in [-0.05, 0) is 36.8 Å². The Morgan fingerprint density at radius 2 is 1.89 bits per heavy atom. The summed E-state index contributed by atoms with van der Waals surface area (Å²) in [4.78, 5) is 42.3. The molecule has 2 heterocycles. The number of nitrogens with zero attached hydrogens (tertiary/aromatic N) is 1. The van der Waals surface area contributed by atoms with Crippen LogP contribution >= 0.6 is 0 Å². The molecule has 2 atom stereocenters. The van der Waals surface area contributed by atoms with Crippen molar-refractivity contribution in [2.24, 2.45) is 11.8 Å². The van der Waals surface area contributed by atoms with Gasteiger partial charge in [0.2, 0.25) is 11.3 Å². The van der Waals surface area contributed by atoms with E-state index in [0.29, 0.717) is 16.8 Å². The largest absolute Gasteiger partial charge is 0.360 e. The number of likely N-dealkylation sites (tertiary alicyclic amines) is 1. The first-order valence-electron chi connectivity index (χ1n) is 9.80. The number of H-pyrrole nitrogens is 1. The van der Waals surface area contributed by atoms with Crippen LogP contribution in [-0.4, -0.2) is 41.3 Å². The van der Waals surface area contributed by atoms with Gasteiger partial charge in [0, 0.05) is 30.2 Å². The second-order valence-electron chi connectivity index (χ2n) is 7.69. The summed E-state index contributed by atoms with van der Waals surface area (Å²) >= 11 is 0. The van der Waals surface area contributed by atoms with E-state index in [9.17, 15) is 14.4 Å². The number of benzene rings is 1. The van der Waals surface area contributed by atoms with Crippen molar-refractivity contribution in [2.75, 3.05) is 19.6 Å². The number of hydrogen-bond acceptors (Lipinski definition) is 3. The topological polar surface area (TPSA) is 82.3 Å². The molecule has 27 heavy (non-hydrogen) atoms. The minimum absolute atomic E-state index is 0.0347. The number of piperidine rings is 1. The molecule has 2 aromatic rings. The average Bonchev–Trinajstić information content (AvgIpc) is 2.72. The molecule has 1 aromatic heterocycles. The Morgan fingerprint density at radius 1 is 1.11 bits per heavy atom. The van der Waals surface area contributed by atoms with Gasteiger partial charge in [-0.3, -0.25) is 14.4 Å². The first kappa shape index (κ1) is 17.8. The number of amides is 2. The van der Waals surface area contributed by atoms with Crippen molar-refractivity contribution in [3.63, 3.8) is 0 Å². The molecule has 0 spiro atoms. The number of para-hydroxylation sites is 1. The molecule has 1 saturated heterocycles. The highest BCUT2D eigenvalue weighted by molar-refractivity contribution is 5.98. The summed E-state index contributed by atoms with van der Waals surface area (Å²) in [5.41, 5.74) is 0.398. The van der Waals surface area contributed by atoms with Gasteiger partial charge in [0.1, 0.15) is 5.56 Å². The number of rotatable bonds is 3. The van der Waals surface area contributed by atoms with E-state index >= 15 is 0 Å². The van der Waals surface area contributed by atoms with E-state index in [-0.39, 0.29) is 23.4 Å².